The van der Waals surface area contributed by atoms with Gasteiger partial charge in [0.05, 0.1) is 6.61 Å². The predicted octanol–water partition coefficient (Wildman–Crippen LogP) is 4.97. The Kier molecular flexibility index (Phi) is 6.83. The fraction of sp³-hybridized carbons (Fsp3) is 0.273. The summed E-state index contributed by atoms with van der Waals surface area (Å²) in [6.45, 7) is 4.29. The van der Waals surface area contributed by atoms with Gasteiger partial charge in [0, 0.05) is 0 Å². The zero-order chi connectivity index (χ0) is 16.5. The number of allylic oxidation sites excluding steroid dienone is 3. The van der Waals surface area contributed by atoms with Crippen LogP contribution in [0.5, 0.6) is 0 Å². The SMILES string of the molecule is CC(=C\CO)/C(C)=C/C(Cc1ccccc1)Cc1ccccc1. The molecule has 0 aliphatic rings. The summed E-state index contributed by atoms with van der Waals surface area (Å²) < 4.78 is 0. The highest BCUT2D eigenvalue weighted by atomic mass is 16.2. The molecular weight excluding hydrogens is 280 g/mol. The van der Waals surface area contributed by atoms with Gasteiger partial charge in [0.25, 0.3) is 0 Å². The van der Waals surface area contributed by atoms with Gasteiger partial charge in [0.2, 0.25) is 0 Å². The first-order chi connectivity index (χ1) is 11.2. The van der Waals surface area contributed by atoms with Crippen molar-refractivity contribution in [3.63, 3.8) is 0 Å². The van der Waals surface area contributed by atoms with Crippen LogP contribution in [0.1, 0.15) is 25.0 Å². The zero-order valence-corrected chi connectivity index (χ0v) is 14.1. The standard InChI is InChI=1S/C22H26O/c1-18(13-14-23)19(2)15-22(16-20-9-5-3-6-10-20)17-21-11-7-4-8-12-21/h3-13,15,22-23H,14,16-17H2,1-2H3/b18-13+,19-15+. The minimum atomic E-state index is 0.0963. The summed E-state index contributed by atoms with van der Waals surface area (Å²) in [5, 5.41) is 9.09. The van der Waals surface area contributed by atoms with Crippen LogP contribution in [0.3, 0.4) is 0 Å². The van der Waals surface area contributed by atoms with Crippen LogP contribution in [0, 0.1) is 5.92 Å². The molecule has 0 amide bonds. The third-order valence-corrected chi connectivity index (χ3v) is 4.19. The average molecular weight is 306 g/mol. The smallest absolute Gasteiger partial charge is 0.0618 e. The van der Waals surface area contributed by atoms with E-state index in [1.54, 1.807) is 0 Å². The van der Waals surface area contributed by atoms with Crippen molar-refractivity contribution in [2.45, 2.75) is 26.7 Å². The molecule has 1 N–H and O–H groups in total. The van der Waals surface area contributed by atoms with Crippen LogP contribution >= 0.6 is 0 Å². The van der Waals surface area contributed by atoms with E-state index in [0.717, 1.165) is 18.4 Å². The fourth-order valence-corrected chi connectivity index (χ4v) is 2.81. The summed E-state index contributed by atoms with van der Waals surface area (Å²) in [6.07, 6.45) is 6.27. The van der Waals surface area contributed by atoms with E-state index in [2.05, 4.69) is 80.6 Å². The predicted molar refractivity (Wildman–Crippen MR) is 98.4 cm³/mol. The molecule has 120 valence electrons. The molecule has 0 saturated carbocycles. The maximum Gasteiger partial charge on any atom is 0.0618 e. The summed E-state index contributed by atoms with van der Waals surface area (Å²) in [5.74, 6) is 0.446. The Labute approximate surface area is 140 Å². The van der Waals surface area contributed by atoms with Crippen LogP contribution in [0.15, 0.2) is 84.0 Å². The number of rotatable bonds is 7. The number of aliphatic hydroxyl groups is 1. The second kappa shape index (κ2) is 9.12. The summed E-state index contributed by atoms with van der Waals surface area (Å²) in [7, 11) is 0. The van der Waals surface area contributed by atoms with Crippen LogP contribution in [0.25, 0.3) is 0 Å². The van der Waals surface area contributed by atoms with E-state index in [4.69, 9.17) is 5.11 Å². The van der Waals surface area contributed by atoms with Gasteiger partial charge in [-0.1, -0.05) is 84.0 Å². The minimum absolute atomic E-state index is 0.0963. The van der Waals surface area contributed by atoms with Crippen LogP contribution in [0.2, 0.25) is 0 Å². The Balaban J connectivity index is 2.20. The number of aliphatic hydroxyl groups excluding tert-OH is 1. The van der Waals surface area contributed by atoms with E-state index < -0.39 is 0 Å². The molecule has 0 bridgehead atoms. The Morgan fingerprint density at radius 3 is 1.74 bits per heavy atom. The lowest BCUT2D eigenvalue weighted by molar-refractivity contribution is 0.342. The monoisotopic (exact) mass is 306 g/mol. The molecule has 0 spiro atoms. The molecule has 0 saturated heterocycles. The first-order valence-electron chi connectivity index (χ1n) is 8.23. The quantitative estimate of drug-likeness (QED) is 0.716. The molecule has 0 aromatic heterocycles. The number of hydrogen-bond donors (Lipinski definition) is 1. The van der Waals surface area contributed by atoms with E-state index in [0.29, 0.717) is 5.92 Å². The molecule has 0 unspecified atom stereocenters. The molecule has 2 rings (SSSR count). The van der Waals surface area contributed by atoms with Gasteiger partial charge in [0.15, 0.2) is 0 Å². The topological polar surface area (TPSA) is 20.2 Å². The normalized spacial score (nSPS) is 12.7. The lowest BCUT2D eigenvalue weighted by atomic mass is 9.90. The molecule has 0 atom stereocenters. The minimum Gasteiger partial charge on any atom is -0.392 e. The third-order valence-electron chi connectivity index (χ3n) is 4.19. The molecule has 0 aliphatic heterocycles. The van der Waals surface area contributed by atoms with Crippen molar-refractivity contribution in [1.29, 1.82) is 0 Å². The summed E-state index contributed by atoms with van der Waals surface area (Å²) in [6, 6.07) is 21.3. The van der Waals surface area contributed by atoms with Gasteiger partial charge in [-0.3, -0.25) is 0 Å². The largest absolute Gasteiger partial charge is 0.392 e. The summed E-state index contributed by atoms with van der Waals surface area (Å²) in [5.41, 5.74) is 5.12. The van der Waals surface area contributed by atoms with Gasteiger partial charge in [-0.15, -0.1) is 0 Å². The summed E-state index contributed by atoms with van der Waals surface area (Å²) in [4.78, 5) is 0. The highest BCUT2D eigenvalue weighted by Crippen LogP contribution is 2.20. The van der Waals surface area contributed by atoms with Crippen LogP contribution < -0.4 is 0 Å². The highest BCUT2D eigenvalue weighted by molar-refractivity contribution is 5.29. The van der Waals surface area contributed by atoms with Gasteiger partial charge < -0.3 is 5.11 Å². The average Bonchev–Trinajstić information content (AvgIpc) is 2.57. The van der Waals surface area contributed by atoms with E-state index >= 15 is 0 Å². The Morgan fingerprint density at radius 1 is 0.826 bits per heavy atom. The maximum atomic E-state index is 9.09. The number of hydrogen-bond acceptors (Lipinski definition) is 1. The van der Waals surface area contributed by atoms with Crippen molar-refractivity contribution >= 4 is 0 Å². The molecule has 0 radical (unpaired) electrons. The summed E-state index contributed by atoms with van der Waals surface area (Å²) >= 11 is 0. The Morgan fingerprint density at radius 2 is 1.30 bits per heavy atom. The van der Waals surface area contributed by atoms with Crippen molar-refractivity contribution < 1.29 is 5.11 Å². The van der Waals surface area contributed by atoms with Crippen molar-refractivity contribution in [2.24, 2.45) is 5.92 Å². The number of benzene rings is 2. The van der Waals surface area contributed by atoms with Gasteiger partial charge in [0.1, 0.15) is 0 Å². The highest BCUT2D eigenvalue weighted by Gasteiger charge is 2.09. The van der Waals surface area contributed by atoms with Crippen LogP contribution in [-0.2, 0) is 12.8 Å². The van der Waals surface area contributed by atoms with Crippen molar-refractivity contribution in [1.82, 2.24) is 0 Å². The third kappa shape index (κ3) is 5.88. The van der Waals surface area contributed by atoms with Crippen molar-refractivity contribution in [2.75, 3.05) is 6.61 Å². The van der Waals surface area contributed by atoms with E-state index in [1.807, 2.05) is 6.08 Å². The first-order valence-corrected chi connectivity index (χ1v) is 8.23. The first kappa shape index (κ1) is 17.2. The molecule has 2 aromatic rings. The fourth-order valence-electron chi connectivity index (χ4n) is 2.81. The maximum absolute atomic E-state index is 9.09. The van der Waals surface area contributed by atoms with Crippen molar-refractivity contribution in [3.05, 3.63) is 95.1 Å². The molecule has 1 nitrogen and oxygen atoms in total. The van der Waals surface area contributed by atoms with E-state index in [9.17, 15) is 0 Å². The molecule has 1 heteroatoms. The lowest BCUT2D eigenvalue weighted by Gasteiger charge is -2.15. The zero-order valence-electron chi connectivity index (χ0n) is 14.1. The molecular formula is C22H26O. The second-order valence-corrected chi connectivity index (χ2v) is 6.06. The van der Waals surface area contributed by atoms with E-state index in [1.165, 1.54) is 16.7 Å². The second-order valence-electron chi connectivity index (χ2n) is 6.06. The molecule has 2 aromatic carbocycles. The van der Waals surface area contributed by atoms with Gasteiger partial charge >= 0.3 is 0 Å². The molecule has 23 heavy (non-hydrogen) atoms. The molecule has 0 heterocycles. The Hall–Kier alpha value is -2.12. The van der Waals surface area contributed by atoms with Crippen LogP contribution in [-0.4, -0.2) is 11.7 Å². The van der Waals surface area contributed by atoms with E-state index in [-0.39, 0.29) is 6.61 Å². The van der Waals surface area contributed by atoms with Gasteiger partial charge in [-0.05, 0) is 43.7 Å². The van der Waals surface area contributed by atoms with Crippen molar-refractivity contribution in [3.8, 4) is 0 Å². The van der Waals surface area contributed by atoms with Gasteiger partial charge in [-0.25, -0.2) is 0 Å². The Bertz CT molecular complexity index is 597. The molecule has 0 aliphatic carbocycles. The van der Waals surface area contributed by atoms with Crippen LogP contribution in [0.4, 0.5) is 0 Å². The lowest BCUT2D eigenvalue weighted by Crippen LogP contribution is -2.07. The molecule has 0 fully saturated rings. The van der Waals surface area contributed by atoms with Gasteiger partial charge in [-0.2, -0.15) is 0 Å².